The second-order valence-electron chi connectivity index (χ2n) is 4.28. The highest BCUT2D eigenvalue weighted by molar-refractivity contribution is 5.42. The van der Waals surface area contributed by atoms with Gasteiger partial charge in [-0.15, -0.1) is 0 Å². The van der Waals surface area contributed by atoms with Gasteiger partial charge < -0.3 is 9.67 Å². The summed E-state index contributed by atoms with van der Waals surface area (Å²) in [6.45, 7) is 0.487. The molecule has 0 aliphatic heterocycles. The van der Waals surface area contributed by atoms with E-state index < -0.39 is 0 Å². The molecule has 0 saturated heterocycles. The quantitative estimate of drug-likeness (QED) is 0.864. The van der Waals surface area contributed by atoms with Crippen molar-refractivity contribution in [1.82, 2.24) is 4.57 Å². The lowest BCUT2D eigenvalue weighted by Crippen LogP contribution is -2.06. The lowest BCUT2D eigenvalue weighted by Gasteiger charge is -2.08. The van der Waals surface area contributed by atoms with Crippen LogP contribution in [0.5, 0.6) is 0 Å². The van der Waals surface area contributed by atoms with E-state index >= 15 is 0 Å². The van der Waals surface area contributed by atoms with E-state index in [2.05, 4.69) is 11.8 Å². The number of rotatable bonds is 3. The highest BCUT2D eigenvalue weighted by Gasteiger charge is 2.02. The summed E-state index contributed by atoms with van der Waals surface area (Å²) in [5, 5.41) is 8.72. The van der Waals surface area contributed by atoms with Crippen LogP contribution in [0.4, 0.5) is 4.39 Å². The van der Waals surface area contributed by atoms with Gasteiger partial charge in [-0.25, -0.2) is 4.39 Å². The molecule has 0 bridgehead atoms. The van der Waals surface area contributed by atoms with E-state index in [-0.39, 0.29) is 17.9 Å². The molecule has 1 N–H and O–H groups in total. The molecule has 2 rings (SSSR count). The van der Waals surface area contributed by atoms with Crippen LogP contribution in [0.2, 0.25) is 0 Å². The van der Waals surface area contributed by atoms with Gasteiger partial charge in [0.1, 0.15) is 5.82 Å². The van der Waals surface area contributed by atoms with Gasteiger partial charge >= 0.3 is 0 Å². The van der Waals surface area contributed by atoms with Gasteiger partial charge in [0.25, 0.3) is 0 Å². The molecule has 0 amide bonds. The molecule has 0 unspecified atom stereocenters. The third-order valence-corrected chi connectivity index (χ3v) is 2.75. The number of benzene rings is 1. The Labute approximate surface area is 116 Å². The molecule has 0 saturated carbocycles. The average Bonchev–Trinajstić information content (AvgIpc) is 2.44. The zero-order chi connectivity index (χ0) is 14.4. The number of hydrogen-bond acceptors (Lipinski definition) is 2. The minimum atomic E-state index is -0.345. The van der Waals surface area contributed by atoms with Gasteiger partial charge in [0, 0.05) is 43.1 Å². The summed E-state index contributed by atoms with van der Waals surface area (Å²) < 4.78 is 15.1. The first-order valence-corrected chi connectivity index (χ1v) is 6.23. The zero-order valence-electron chi connectivity index (χ0n) is 10.8. The molecule has 0 radical (unpaired) electrons. The Morgan fingerprint density at radius 3 is 2.65 bits per heavy atom. The Balaban J connectivity index is 2.29. The fraction of sp³-hybridized carbons (Fsp3) is 0.188. The molecule has 0 fully saturated rings. The van der Waals surface area contributed by atoms with Crippen molar-refractivity contribution in [3.63, 3.8) is 0 Å². The topological polar surface area (TPSA) is 42.2 Å². The first kappa shape index (κ1) is 14.0. The average molecular weight is 271 g/mol. The standard InChI is InChI=1S/C16H14FNO2/c17-15-5-4-14(13(11-15)3-1-2-10-19)12-18-8-6-16(20)7-9-18/h4-9,11,19H,2,10,12H2. The van der Waals surface area contributed by atoms with E-state index in [4.69, 9.17) is 5.11 Å². The Kier molecular flexibility index (Phi) is 4.70. The van der Waals surface area contributed by atoms with Gasteiger partial charge in [0.2, 0.25) is 0 Å². The summed E-state index contributed by atoms with van der Waals surface area (Å²) in [6.07, 6.45) is 3.71. The van der Waals surface area contributed by atoms with Crippen LogP contribution < -0.4 is 5.43 Å². The summed E-state index contributed by atoms with van der Waals surface area (Å²) in [6, 6.07) is 7.38. The lowest BCUT2D eigenvalue weighted by molar-refractivity contribution is 0.305. The van der Waals surface area contributed by atoms with Crippen LogP contribution in [0, 0.1) is 17.7 Å². The van der Waals surface area contributed by atoms with Crippen molar-refractivity contribution < 1.29 is 9.50 Å². The van der Waals surface area contributed by atoms with Gasteiger partial charge in [0.05, 0.1) is 6.61 Å². The molecule has 0 aliphatic carbocycles. The van der Waals surface area contributed by atoms with Crippen molar-refractivity contribution in [1.29, 1.82) is 0 Å². The maximum absolute atomic E-state index is 13.3. The number of hydrogen-bond donors (Lipinski definition) is 1. The van der Waals surface area contributed by atoms with Crippen molar-refractivity contribution in [2.75, 3.05) is 6.61 Å². The van der Waals surface area contributed by atoms with Crippen LogP contribution in [-0.4, -0.2) is 16.3 Å². The Bertz CT molecular complexity index is 690. The van der Waals surface area contributed by atoms with Gasteiger partial charge in [0.15, 0.2) is 5.43 Å². The SMILES string of the molecule is O=c1ccn(Cc2ccc(F)cc2C#CCCO)cc1. The Hall–Kier alpha value is -2.38. The molecule has 1 aromatic carbocycles. The Morgan fingerprint density at radius 2 is 1.95 bits per heavy atom. The maximum Gasteiger partial charge on any atom is 0.181 e. The molecule has 0 aliphatic rings. The van der Waals surface area contributed by atoms with Crippen LogP contribution in [0.15, 0.2) is 47.5 Å². The van der Waals surface area contributed by atoms with E-state index in [0.717, 1.165) is 5.56 Å². The highest BCUT2D eigenvalue weighted by Crippen LogP contribution is 2.12. The molecule has 1 aromatic heterocycles. The van der Waals surface area contributed by atoms with Crippen LogP contribution in [0.3, 0.4) is 0 Å². The number of halogens is 1. The maximum atomic E-state index is 13.3. The molecule has 102 valence electrons. The molecule has 2 aromatic rings. The van der Waals surface area contributed by atoms with Crippen LogP contribution in [0.1, 0.15) is 17.5 Å². The first-order chi connectivity index (χ1) is 9.69. The van der Waals surface area contributed by atoms with Crippen molar-refractivity contribution >= 4 is 0 Å². The summed E-state index contributed by atoms with van der Waals surface area (Å²) in [7, 11) is 0. The van der Waals surface area contributed by atoms with Gasteiger partial charge in [-0.3, -0.25) is 4.79 Å². The summed E-state index contributed by atoms with van der Waals surface area (Å²) in [5.41, 5.74) is 1.40. The number of nitrogens with zero attached hydrogens (tertiary/aromatic N) is 1. The second kappa shape index (κ2) is 6.69. The fourth-order valence-corrected chi connectivity index (χ4v) is 1.76. The van der Waals surface area contributed by atoms with Gasteiger partial charge in [-0.05, 0) is 17.7 Å². The summed E-state index contributed by atoms with van der Waals surface area (Å²) in [4.78, 5) is 11.1. The number of aromatic nitrogens is 1. The Morgan fingerprint density at radius 1 is 1.20 bits per heavy atom. The molecular formula is C16H14FNO2. The van der Waals surface area contributed by atoms with Crippen LogP contribution >= 0.6 is 0 Å². The van der Waals surface area contributed by atoms with Crippen molar-refractivity contribution in [2.45, 2.75) is 13.0 Å². The highest BCUT2D eigenvalue weighted by atomic mass is 19.1. The molecule has 3 nitrogen and oxygen atoms in total. The first-order valence-electron chi connectivity index (χ1n) is 6.23. The van der Waals surface area contributed by atoms with E-state index in [1.54, 1.807) is 18.5 Å². The smallest absolute Gasteiger partial charge is 0.181 e. The van der Waals surface area contributed by atoms with E-state index in [0.29, 0.717) is 18.5 Å². The monoisotopic (exact) mass is 271 g/mol. The van der Waals surface area contributed by atoms with Crippen molar-refractivity contribution in [3.8, 4) is 11.8 Å². The lowest BCUT2D eigenvalue weighted by atomic mass is 10.1. The zero-order valence-corrected chi connectivity index (χ0v) is 10.8. The van der Waals surface area contributed by atoms with E-state index in [9.17, 15) is 9.18 Å². The minimum Gasteiger partial charge on any atom is -0.395 e. The van der Waals surface area contributed by atoms with Gasteiger partial charge in [-0.2, -0.15) is 0 Å². The summed E-state index contributed by atoms with van der Waals surface area (Å²) in [5.74, 6) is 5.30. The molecule has 0 atom stereocenters. The molecule has 4 heteroatoms. The fourth-order valence-electron chi connectivity index (χ4n) is 1.76. The van der Waals surface area contributed by atoms with Crippen LogP contribution in [0.25, 0.3) is 0 Å². The predicted molar refractivity (Wildman–Crippen MR) is 74.8 cm³/mol. The number of aliphatic hydroxyl groups excluding tert-OH is 1. The third kappa shape index (κ3) is 3.81. The van der Waals surface area contributed by atoms with Crippen molar-refractivity contribution in [2.24, 2.45) is 0 Å². The van der Waals surface area contributed by atoms with E-state index in [1.165, 1.54) is 24.3 Å². The molecule has 0 spiro atoms. The van der Waals surface area contributed by atoms with E-state index in [1.807, 2.05) is 4.57 Å². The van der Waals surface area contributed by atoms with Gasteiger partial charge in [-0.1, -0.05) is 17.9 Å². The normalized spacial score (nSPS) is 9.90. The number of aliphatic hydroxyl groups is 1. The second-order valence-corrected chi connectivity index (χ2v) is 4.28. The molecular weight excluding hydrogens is 257 g/mol. The minimum absolute atomic E-state index is 0.0165. The van der Waals surface area contributed by atoms with Crippen LogP contribution in [-0.2, 0) is 6.54 Å². The van der Waals surface area contributed by atoms with Crippen molar-refractivity contribution in [3.05, 3.63) is 69.9 Å². The number of pyridine rings is 1. The summed E-state index contributed by atoms with van der Waals surface area (Å²) >= 11 is 0. The predicted octanol–water partition coefficient (Wildman–Crippen LogP) is 1.77. The molecule has 1 heterocycles. The largest absolute Gasteiger partial charge is 0.395 e. The third-order valence-electron chi connectivity index (χ3n) is 2.75. The molecule has 20 heavy (non-hydrogen) atoms.